The Balaban J connectivity index is 2.12. The molecule has 0 fully saturated rings. The highest BCUT2D eigenvalue weighted by Gasteiger charge is 2.22. The van der Waals surface area contributed by atoms with Gasteiger partial charge in [-0.05, 0) is 23.8 Å². The van der Waals surface area contributed by atoms with Crippen LogP contribution >= 0.6 is 11.8 Å². The summed E-state index contributed by atoms with van der Waals surface area (Å²) in [4.78, 5) is 11.9. The molecule has 92 valence electrons. The Kier molecular flexibility index (Phi) is 4.02. The first-order valence-electron chi connectivity index (χ1n) is 5.57. The van der Waals surface area contributed by atoms with Gasteiger partial charge in [-0.3, -0.25) is 4.79 Å². The molecule has 1 aromatic rings. The Hall–Kier alpha value is -1.07. The topological polar surface area (TPSA) is 41.1 Å². The quantitative estimate of drug-likeness (QED) is 0.862. The number of halogens is 1. The van der Waals surface area contributed by atoms with Gasteiger partial charge in [0, 0.05) is 18.0 Å². The molecule has 0 aromatic heterocycles. The van der Waals surface area contributed by atoms with Crippen LogP contribution in [0.15, 0.2) is 23.1 Å². The summed E-state index contributed by atoms with van der Waals surface area (Å²) in [5.41, 5.74) is 0.963. The predicted molar refractivity (Wildman–Crippen MR) is 66.6 cm³/mol. The lowest BCUT2D eigenvalue weighted by Crippen LogP contribution is -2.35. The van der Waals surface area contributed by atoms with Gasteiger partial charge >= 0.3 is 0 Å². The van der Waals surface area contributed by atoms with Crippen LogP contribution in [0.2, 0.25) is 0 Å². The van der Waals surface area contributed by atoms with E-state index in [0.717, 1.165) is 17.7 Å². The van der Waals surface area contributed by atoms with Crippen LogP contribution in [0.1, 0.15) is 18.0 Å². The van der Waals surface area contributed by atoms with Crippen LogP contribution in [-0.2, 0) is 4.79 Å². The number of nitrogens with one attached hydrogen (secondary N) is 2. The maximum absolute atomic E-state index is 13.6. The maximum atomic E-state index is 13.6. The van der Waals surface area contributed by atoms with E-state index in [4.69, 9.17) is 0 Å². The van der Waals surface area contributed by atoms with Gasteiger partial charge in [0.15, 0.2) is 0 Å². The van der Waals surface area contributed by atoms with Crippen LogP contribution in [0.25, 0.3) is 0 Å². The van der Waals surface area contributed by atoms with Gasteiger partial charge in [-0.2, -0.15) is 0 Å². The fourth-order valence-corrected chi connectivity index (χ4v) is 3.04. The summed E-state index contributed by atoms with van der Waals surface area (Å²) in [5, 5.41) is 5.72. The number of carbonyl (C=O) groups excluding carboxylic acids is 1. The third-order valence-electron chi connectivity index (χ3n) is 2.81. The Morgan fingerprint density at radius 1 is 1.59 bits per heavy atom. The van der Waals surface area contributed by atoms with Gasteiger partial charge in [-0.15, -0.1) is 11.8 Å². The van der Waals surface area contributed by atoms with E-state index < -0.39 is 0 Å². The molecule has 2 N–H and O–H groups in total. The highest BCUT2D eigenvalue weighted by atomic mass is 32.2. The average molecular weight is 254 g/mol. The zero-order chi connectivity index (χ0) is 12.3. The largest absolute Gasteiger partial charge is 0.358 e. The molecular formula is C12H15FN2OS. The maximum Gasteiger partial charge on any atom is 0.233 e. The number of rotatable bonds is 3. The smallest absolute Gasteiger partial charge is 0.233 e. The molecule has 3 nitrogen and oxygen atoms in total. The van der Waals surface area contributed by atoms with Gasteiger partial charge in [0.05, 0.1) is 6.54 Å². The zero-order valence-electron chi connectivity index (χ0n) is 9.63. The van der Waals surface area contributed by atoms with Crippen LogP contribution in [-0.4, -0.2) is 25.3 Å². The lowest BCUT2D eigenvalue weighted by Gasteiger charge is -2.26. The standard InChI is InChI=1S/C12H15FN2OS/c1-14-11(16)7-15-10-5-6-17-12-8(10)3-2-4-9(12)13/h2-4,10,15H,5-7H2,1H3,(H,14,16). The second-order valence-electron chi connectivity index (χ2n) is 3.90. The minimum atomic E-state index is -0.168. The van der Waals surface area contributed by atoms with Crippen LogP contribution in [0.4, 0.5) is 4.39 Å². The first-order valence-corrected chi connectivity index (χ1v) is 6.56. The number of hydrogen-bond donors (Lipinski definition) is 2. The Labute approximate surface area is 104 Å². The molecule has 1 unspecified atom stereocenters. The molecule has 1 aliphatic heterocycles. The number of benzene rings is 1. The van der Waals surface area contributed by atoms with Crippen LogP contribution in [0.5, 0.6) is 0 Å². The van der Waals surface area contributed by atoms with Gasteiger partial charge in [-0.1, -0.05) is 12.1 Å². The molecule has 0 bridgehead atoms. The van der Waals surface area contributed by atoms with Gasteiger partial charge < -0.3 is 10.6 Å². The third-order valence-corrected chi connectivity index (χ3v) is 3.97. The molecule has 1 amide bonds. The van der Waals surface area contributed by atoms with Gasteiger partial charge in [0.1, 0.15) is 5.82 Å². The predicted octanol–water partition coefficient (Wildman–Crippen LogP) is 1.70. The minimum absolute atomic E-state index is 0.0545. The van der Waals surface area contributed by atoms with Crippen molar-refractivity contribution < 1.29 is 9.18 Å². The van der Waals surface area contributed by atoms with E-state index in [1.54, 1.807) is 24.9 Å². The van der Waals surface area contributed by atoms with Crippen LogP contribution < -0.4 is 10.6 Å². The summed E-state index contributed by atoms with van der Waals surface area (Å²) < 4.78 is 13.6. The third kappa shape index (κ3) is 2.79. The van der Waals surface area contributed by atoms with E-state index in [0.29, 0.717) is 4.90 Å². The Morgan fingerprint density at radius 2 is 2.41 bits per heavy atom. The molecule has 1 atom stereocenters. The van der Waals surface area contributed by atoms with Crippen LogP contribution in [0, 0.1) is 5.82 Å². The molecule has 1 heterocycles. The highest BCUT2D eigenvalue weighted by molar-refractivity contribution is 7.99. The van der Waals surface area contributed by atoms with Crippen molar-refractivity contribution in [3.8, 4) is 0 Å². The van der Waals surface area contributed by atoms with Crippen molar-refractivity contribution in [3.63, 3.8) is 0 Å². The zero-order valence-corrected chi connectivity index (χ0v) is 10.4. The van der Waals surface area contributed by atoms with Crippen molar-refractivity contribution in [2.45, 2.75) is 17.4 Å². The molecule has 0 aliphatic carbocycles. The molecule has 0 saturated heterocycles. The van der Waals surface area contributed by atoms with E-state index in [1.807, 2.05) is 6.07 Å². The van der Waals surface area contributed by atoms with Gasteiger partial charge in [0.2, 0.25) is 5.91 Å². The van der Waals surface area contributed by atoms with Gasteiger partial charge in [0.25, 0.3) is 0 Å². The van der Waals surface area contributed by atoms with Crippen molar-refractivity contribution in [3.05, 3.63) is 29.6 Å². The molecule has 1 aromatic carbocycles. The number of fused-ring (bicyclic) bond motifs is 1. The van der Waals surface area contributed by atoms with E-state index in [-0.39, 0.29) is 24.3 Å². The van der Waals surface area contributed by atoms with E-state index >= 15 is 0 Å². The summed E-state index contributed by atoms with van der Waals surface area (Å²) in [6.45, 7) is 0.266. The molecular weight excluding hydrogens is 239 g/mol. The van der Waals surface area contributed by atoms with E-state index in [9.17, 15) is 9.18 Å². The number of hydrogen-bond acceptors (Lipinski definition) is 3. The van der Waals surface area contributed by atoms with E-state index in [1.165, 1.54) is 6.07 Å². The monoisotopic (exact) mass is 254 g/mol. The first kappa shape index (κ1) is 12.4. The van der Waals surface area contributed by atoms with Crippen molar-refractivity contribution in [2.24, 2.45) is 0 Å². The number of thioether (sulfide) groups is 1. The SMILES string of the molecule is CNC(=O)CNC1CCSc2c(F)cccc21. The number of amides is 1. The average Bonchev–Trinajstić information content (AvgIpc) is 2.36. The second-order valence-corrected chi connectivity index (χ2v) is 5.01. The second kappa shape index (κ2) is 5.51. The summed E-state index contributed by atoms with van der Waals surface area (Å²) in [7, 11) is 1.61. The summed E-state index contributed by atoms with van der Waals surface area (Å²) >= 11 is 1.54. The highest BCUT2D eigenvalue weighted by Crippen LogP contribution is 2.37. The van der Waals surface area contributed by atoms with E-state index in [2.05, 4.69) is 10.6 Å². The lowest BCUT2D eigenvalue weighted by atomic mass is 10.0. The summed E-state index contributed by atoms with van der Waals surface area (Å²) in [5.74, 6) is 0.652. The Morgan fingerprint density at radius 3 is 3.18 bits per heavy atom. The molecule has 0 saturated carbocycles. The van der Waals surface area contributed by atoms with Crippen molar-refractivity contribution in [2.75, 3.05) is 19.3 Å². The van der Waals surface area contributed by atoms with Crippen molar-refractivity contribution >= 4 is 17.7 Å². The Bertz CT molecular complexity index is 425. The molecule has 0 radical (unpaired) electrons. The normalized spacial score (nSPS) is 18.6. The molecule has 17 heavy (non-hydrogen) atoms. The van der Waals surface area contributed by atoms with Crippen molar-refractivity contribution in [1.29, 1.82) is 0 Å². The summed E-state index contributed by atoms with van der Waals surface area (Å²) in [6, 6.07) is 5.19. The number of likely N-dealkylation sites (N-methyl/N-ethyl adjacent to an activating group) is 1. The first-order chi connectivity index (χ1) is 8.22. The minimum Gasteiger partial charge on any atom is -0.358 e. The molecule has 0 spiro atoms. The van der Waals surface area contributed by atoms with Gasteiger partial charge in [-0.25, -0.2) is 4.39 Å². The molecule has 2 rings (SSSR count). The fraction of sp³-hybridized carbons (Fsp3) is 0.417. The molecule has 1 aliphatic rings. The summed E-state index contributed by atoms with van der Waals surface area (Å²) in [6.07, 6.45) is 0.915. The number of carbonyl (C=O) groups is 1. The van der Waals surface area contributed by atoms with Crippen molar-refractivity contribution in [1.82, 2.24) is 10.6 Å². The molecule has 5 heteroatoms. The van der Waals surface area contributed by atoms with Crippen LogP contribution in [0.3, 0.4) is 0 Å². The fourth-order valence-electron chi connectivity index (χ4n) is 1.90. The lowest BCUT2D eigenvalue weighted by molar-refractivity contribution is -0.119.